The normalized spacial score (nSPS) is 21.2. The number of benzene rings is 3. The number of aliphatic hydroxyl groups excluding tert-OH is 2. The van der Waals surface area contributed by atoms with E-state index in [-0.39, 0.29) is 42.0 Å². The van der Waals surface area contributed by atoms with Crippen molar-refractivity contribution in [3.63, 3.8) is 0 Å². The van der Waals surface area contributed by atoms with Gasteiger partial charge in [-0.25, -0.2) is 0 Å². The van der Waals surface area contributed by atoms with Gasteiger partial charge in [0.2, 0.25) is 30.3 Å². The first kappa shape index (κ1) is 31.5. The SMILES string of the molecule is CC(=Cc1ccc(O[C@@H]2O[C@H](C(C)=CCOCc3ccccc3)[C@@H](O)[C@@H]2O)c(O)c1)C(=O)Nc1c(O)c(O)c2c(c1O)OCO2. The Morgan fingerprint density at radius 1 is 0.956 bits per heavy atom. The van der Waals surface area contributed by atoms with Gasteiger partial charge in [-0.05, 0) is 48.8 Å². The van der Waals surface area contributed by atoms with Gasteiger partial charge in [0.1, 0.15) is 24.0 Å². The van der Waals surface area contributed by atoms with Gasteiger partial charge in [-0.3, -0.25) is 4.79 Å². The van der Waals surface area contributed by atoms with E-state index < -0.39 is 53.4 Å². The average Bonchev–Trinajstić information content (AvgIpc) is 3.63. The summed E-state index contributed by atoms with van der Waals surface area (Å²) in [6.45, 7) is 3.58. The molecule has 0 aromatic heterocycles. The summed E-state index contributed by atoms with van der Waals surface area (Å²) in [7, 11) is 0. The molecular formula is C32H33NO12. The minimum Gasteiger partial charge on any atom is -0.504 e. The molecule has 1 amide bonds. The fraction of sp³-hybridized carbons (Fsp3) is 0.281. The van der Waals surface area contributed by atoms with Crippen LogP contribution in [0.2, 0.25) is 0 Å². The summed E-state index contributed by atoms with van der Waals surface area (Å²) in [5.41, 5.74) is 1.68. The molecule has 2 heterocycles. The lowest BCUT2D eigenvalue weighted by atomic mass is 10.0. The number of amides is 1. The highest BCUT2D eigenvalue weighted by atomic mass is 16.7. The van der Waals surface area contributed by atoms with E-state index in [0.717, 1.165) is 5.56 Å². The van der Waals surface area contributed by atoms with Crippen LogP contribution >= 0.6 is 0 Å². The summed E-state index contributed by atoms with van der Waals surface area (Å²) in [4.78, 5) is 12.8. The second-order valence-electron chi connectivity index (χ2n) is 10.5. The van der Waals surface area contributed by atoms with E-state index in [1.165, 1.54) is 31.2 Å². The van der Waals surface area contributed by atoms with Crippen molar-refractivity contribution in [1.29, 1.82) is 0 Å². The number of phenolic OH excluding ortho intramolecular Hbond substituents is 4. The van der Waals surface area contributed by atoms with Crippen LogP contribution in [0, 0.1) is 0 Å². The number of carbonyl (C=O) groups excluding carboxylic acids is 1. The molecule has 2 aliphatic rings. The predicted molar refractivity (Wildman–Crippen MR) is 159 cm³/mol. The molecular weight excluding hydrogens is 590 g/mol. The molecule has 13 heteroatoms. The average molecular weight is 624 g/mol. The van der Waals surface area contributed by atoms with Gasteiger partial charge in [0.25, 0.3) is 5.91 Å². The van der Waals surface area contributed by atoms with Gasteiger partial charge in [0.05, 0.1) is 13.2 Å². The van der Waals surface area contributed by atoms with Crippen LogP contribution in [-0.2, 0) is 20.9 Å². The predicted octanol–water partition coefficient (Wildman–Crippen LogP) is 3.27. The Labute approximate surface area is 257 Å². The Bertz CT molecular complexity index is 1620. The summed E-state index contributed by atoms with van der Waals surface area (Å²) in [6.07, 6.45) is -1.67. The lowest BCUT2D eigenvalue weighted by Gasteiger charge is -2.18. The van der Waals surface area contributed by atoms with Crippen molar-refractivity contribution in [2.75, 3.05) is 18.7 Å². The Morgan fingerprint density at radius 2 is 1.67 bits per heavy atom. The van der Waals surface area contributed by atoms with Gasteiger partial charge in [-0.1, -0.05) is 42.5 Å². The summed E-state index contributed by atoms with van der Waals surface area (Å²) in [5.74, 6) is -3.71. The number of ether oxygens (including phenoxy) is 5. The van der Waals surface area contributed by atoms with E-state index >= 15 is 0 Å². The number of hydrogen-bond donors (Lipinski definition) is 7. The molecule has 13 nitrogen and oxygen atoms in total. The molecule has 4 atom stereocenters. The standard InChI is InChI=1S/C32H33NO12/c1-16(10-11-41-14-18-6-4-3-5-7-18)28-26(38)27(39)32(45-28)44-21-9-8-19(13-20(21)34)12-17(2)31(40)33-22-23(35)25(37)30-29(24(22)36)42-15-43-30/h3-10,12-13,26-28,32,34-39H,11,14-15H2,1-2H3,(H,33,40)/t26-,27-,28+,32+/m0/s1. The highest BCUT2D eigenvalue weighted by molar-refractivity contribution is 6.08. The molecule has 238 valence electrons. The van der Waals surface area contributed by atoms with Crippen LogP contribution in [0.1, 0.15) is 25.0 Å². The molecule has 7 N–H and O–H groups in total. The molecule has 1 fully saturated rings. The second kappa shape index (κ2) is 13.4. The van der Waals surface area contributed by atoms with Gasteiger partial charge >= 0.3 is 0 Å². The Kier molecular flexibility index (Phi) is 9.34. The van der Waals surface area contributed by atoms with Crippen LogP contribution in [0.5, 0.6) is 40.2 Å². The van der Waals surface area contributed by atoms with Gasteiger partial charge in [-0.15, -0.1) is 0 Å². The fourth-order valence-electron chi connectivity index (χ4n) is 4.75. The summed E-state index contributed by atoms with van der Waals surface area (Å²) in [6, 6.07) is 13.9. The molecule has 0 spiro atoms. The van der Waals surface area contributed by atoms with E-state index in [9.17, 15) is 35.4 Å². The number of phenols is 4. The number of aromatic hydroxyl groups is 4. The van der Waals surface area contributed by atoms with Crippen molar-refractivity contribution in [2.45, 2.75) is 45.1 Å². The molecule has 0 aliphatic carbocycles. The van der Waals surface area contributed by atoms with Crippen molar-refractivity contribution in [2.24, 2.45) is 0 Å². The Morgan fingerprint density at radius 3 is 2.38 bits per heavy atom. The minimum absolute atomic E-state index is 0.0374. The van der Waals surface area contributed by atoms with Gasteiger partial charge in [-0.2, -0.15) is 0 Å². The molecule has 3 aromatic carbocycles. The number of rotatable bonds is 10. The zero-order valence-electron chi connectivity index (χ0n) is 24.3. The first-order chi connectivity index (χ1) is 21.5. The summed E-state index contributed by atoms with van der Waals surface area (Å²) < 4.78 is 27.2. The van der Waals surface area contributed by atoms with Gasteiger partial charge in [0.15, 0.2) is 23.0 Å². The van der Waals surface area contributed by atoms with Crippen molar-refractivity contribution in [1.82, 2.24) is 0 Å². The van der Waals surface area contributed by atoms with Crippen molar-refractivity contribution in [3.8, 4) is 40.2 Å². The fourth-order valence-corrected chi connectivity index (χ4v) is 4.75. The molecule has 45 heavy (non-hydrogen) atoms. The minimum atomic E-state index is -1.41. The van der Waals surface area contributed by atoms with Crippen LogP contribution in [0.15, 0.2) is 65.8 Å². The van der Waals surface area contributed by atoms with E-state index in [1.807, 2.05) is 30.3 Å². The van der Waals surface area contributed by atoms with Crippen LogP contribution in [0.25, 0.3) is 6.08 Å². The summed E-state index contributed by atoms with van der Waals surface area (Å²) in [5, 5.41) is 64.8. The molecule has 1 saturated heterocycles. The number of fused-ring (bicyclic) bond motifs is 1. The van der Waals surface area contributed by atoms with Crippen LogP contribution in [0.4, 0.5) is 5.69 Å². The van der Waals surface area contributed by atoms with Crippen molar-refractivity contribution >= 4 is 17.7 Å². The number of hydrogen-bond acceptors (Lipinski definition) is 12. The smallest absolute Gasteiger partial charge is 0.251 e. The Balaban J connectivity index is 1.20. The first-order valence-corrected chi connectivity index (χ1v) is 13.9. The lowest BCUT2D eigenvalue weighted by molar-refractivity contribution is -0.112. The third-order valence-electron chi connectivity index (χ3n) is 7.25. The number of carbonyl (C=O) groups is 1. The van der Waals surface area contributed by atoms with Gasteiger partial charge < -0.3 is 59.6 Å². The van der Waals surface area contributed by atoms with Crippen LogP contribution in [-0.4, -0.2) is 74.5 Å². The van der Waals surface area contributed by atoms with E-state index in [1.54, 1.807) is 13.0 Å². The topological polar surface area (TPSA) is 197 Å². The maximum atomic E-state index is 12.8. The molecule has 3 aromatic rings. The maximum absolute atomic E-state index is 12.8. The summed E-state index contributed by atoms with van der Waals surface area (Å²) >= 11 is 0. The highest BCUT2D eigenvalue weighted by Gasteiger charge is 2.45. The molecule has 0 bridgehead atoms. The molecule has 0 unspecified atom stereocenters. The van der Waals surface area contributed by atoms with Gasteiger partial charge in [0, 0.05) is 5.57 Å². The zero-order chi connectivity index (χ0) is 32.2. The quantitative estimate of drug-likeness (QED) is 0.0573. The molecule has 0 radical (unpaired) electrons. The lowest BCUT2D eigenvalue weighted by Crippen LogP contribution is -2.35. The third kappa shape index (κ3) is 6.76. The van der Waals surface area contributed by atoms with E-state index in [0.29, 0.717) is 17.7 Å². The van der Waals surface area contributed by atoms with Crippen molar-refractivity contribution < 1.29 is 59.1 Å². The monoisotopic (exact) mass is 623 g/mol. The second-order valence-corrected chi connectivity index (χ2v) is 10.5. The number of anilines is 1. The molecule has 2 aliphatic heterocycles. The molecule has 5 rings (SSSR count). The Hall–Kier alpha value is -4.95. The highest BCUT2D eigenvalue weighted by Crippen LogP contribution is 2.56. The first-order valence-electron chi connectivity index (χ1n) is 13.9. The maximum Gasteiger partial charge on any atom is 0.251 e. The van der Waals surface area contributed by atoms with Crippen LogP contribution < -0.4 is 19.5 Å². The third-order valence-corrected chi connectivity index (χ3v) is 7.25. The number of nitrogens with one attached hydrogen (secondary N) is 1. The van der Waals surface area contributed by atoms with E-state index in [4.69, 9.17) is 23.7 Å². The molecule has 0 saturated carbocycles. The largest absolute Gasteiger partial charge is 0.504 e. The van der Waals surface area contributed by atoms with E-state index in [2.05, 4.69) is 5.32 Å². The zero-order valence-corrected chi connectivity index (χ0v) is 24.3. The van der Waals surface area contributed by atoms with Crippen molar-refractivity contribution in [3.05, 3.63) is 76.9 Å². The van der Waals surface area contributed by atoms with Crippen LogP contribution in [0.3, 0.4) is 0 Å². The number of aliphatic hydroxyl groups is 2.